The highest BCUT2D eigenvalue weighted by molar-refractivity contribution is 6.01. The summed E-state index contributed by atoms with van der Waals surface area (Å²) < 4.78 is 1.85. The first-order chi connectivity index (χ1) is 15.9. The van der Waals surface area contributed by atoms with E-state index in [2.05, 4.69) is 53.8 Å². The third-order valence-electron chi connectivity index (χ3n) is 5.78. The molecule has 2 aromatic carbocycles. The van der Waals surface area contributed by atoms with Crippen LogP contribution in [-0.4, -0.2) is 39.6 Å². The number of carbonyl (C=O) groups excluding carboxylic acids is 2. The first kappa shape index (κ1) is 25.5. The maximum absolute atomic E-state index is 13.4. The number of benzene rings is 2. The Morgan fingerprint density at radius 3 is 2.26 bits per heavy atom. The lowest BCUT2D eigenvalue weighted by Gasteiger charge is -2.25. The van der Waals surface area contributed by atoms with Crippen LogP contribution in [0.1, 0.15) is 77.4 Å². The number of amides is 2. The van der Waals surface area contributed by atoms with Crippen LogP contribution in [0.25, 0.3) is 10.8 Å². The van der Waals surface area contributed by atoms with Gasteiger partial charge in [0.2, 0.25) is 5.91 Å². The fraction of sp³-hybridized carbons (Fsp3) is 0.464. The minimum Gasteiger partial charge on any atom is -0.329 e. The van der Waals surface area contributed by atoms with Crippen molar-refractivity contribution >= 4 is 28.4 Å². The predicted octanol–water partition coefficient (Wildman–Crippen LogP) is 5.97. The van der Waals surface area contributed by atoms with Gasteiger partial charge in [-0.1, -0.05) is 64.4 Å². The zero-order chi connectivity index (χ0) is 25.1. The minimum absolute atomic E-state index is 0.00810. The topological polar surface area (TPSA) is 67.2 Å². The van der Waals surface area contributed by atoms with Crippen molar-refractivity contribution in [2.45, 2.75) is 72.3 Å². The molecule has 182 valence electrons. The molecule has 1 heterocycles. The zero-order valence-corrected chi connectivity index (χ0v) is 21.6. The van der Waals surface area contributed by atoms with Crippen LogP contribution in [0.15, 0.2) is 48.5 Å². The molecule has 0 aliphatic carbocycles. The Labute approximate surface area is 203 Å². The van der Waals surface area contributed by atoms with Crippen LogP contribution in [0, 0.1) is 0 Å². The molecule has 34 heavy (non-hydrogen) atoms. The average Bonchev–Trinajstić information content (AvgIpc) is 3.20. The van der Waals surface area contributed by atoms with Crippen LogP contribution < -0.4 is 5.32 Å². The van der Waals surface area contributed by atoms with Gasteiger partial charge >= 0.3 is 0 Å². The molecule has 0 saturated heterocycles. The molecule has 1 aromatic heterocycles. The van der Waals surface area contributed by atoms with Crippen molar-refractivity contribution in [1.82, 2.24) is 14.7 Å². The number of fused-ring (bicyclic) bond motifs is 1. The molecule has 6 heteroatoms. The smallest absolute Gasteiger partial charge is 0.254 e. The zero-order valence-electron chi connectivity index (χ0n) is 21.6. The Hall–Kier alpha value is -3.15. The normalized spacial score (nSPS) is 12.1. The van der Waals surface area contributed by atoms with Crippen LogP contribution in [-0.2, 0) is 15.7 Å². The van der Waals surface area contributed by atoms with Crippen molar-refractivity contribution in [1.29, 1.82) is 0 Å². The molecule has 6 nitrogen and oxygen atoms in total. The van der Waals surface area contributed by atoms with E-state index >= 15 is 0 Å². The minimum atomic E-state index is -0.297. The summed E-state index contributed by atoms with van der Waals surface area (Å²) in [7, 11) is 0. The van der Waals surface area contributed by atoms with Gasteiger partial charge in [-0.15, -0.1) is 0 Å². The summed E-state index contributed by atoms with van der Waals surface area (Å²) >= 11 is 0. The van der Waals surface area contributed by atoms with Crippen LogP contribution in [0.3, 0.4) is 0 Å². The molecule has 0 fully saturated rings. The highest BCUT2D eigenvalue weighted by Gasteiger charge is 2.26. The van der Waals surface area contributed by atoms with Crippen molar-refractivity contribution in [3.8, 4) is 0 Å². The van der Waals surface area contributed by atoms with Crippen molar-refractivity contribution < 1.29 is 9.59 Å². The van der Waals surface area contributed by atoms with Gasteiger partial charge in [0.25, 0.3) is 5.91 Å². The van der Waals surface area contributed by atoms with E-state index in [1.807, 2.05) is 53.2 Å². The fourth-order valence-electron chi connectivity index (χ4n) is 3.81. The maximum Gasteiger partial charge on any atom is 0.254 e. The first-order valence-corrected chi connectivity index (χ1v) is 12.1. The Morgan fingerprint density at radius 1 is 0.971 bits per heavy atom. The molecule has 3 aromatic rings. The number of anilines is 1. The lowest BCUT2D eigenvalue weighted by Crippen LogP contribution is -2.39. The van der Waals surface area contributed by atoms with E-state index in [4.69, 9.17) is 5.10 Å². The molecular formula is C28H38N4O2. The number of hydrogen-bond donors (Lipinski definition) is 1. The van der Waals surface area contributed by atoms with Crippen LogP contribution in [0.4, 0.5) is 5.82 Å². The number of aromatic nitrogens is 2. The molecule has 1 N–H and O–H groups in total. The summed E-state index contributed by atoms with van der Waals surface area (Å²) in [6.07, 6.45) is 1.77. The van der Waals surface area contributed by atoms with E-state index < -0.39 is 0 Å². The molecule has 0 atom stereocenters. The van der Waals surface area contributed by atoms with Gasteiger partial charge < -0.3 is 10.2 Å². The molecule has 0 saturated carbocycles. The Balaban J connectivity index is 1.83. The lowest BCUT2D eigenvalue weighted by molar-refractivity contribution is -0.117. The number of unbranched alkanes of at least 4 members (excludes halogenated alkanes) is 1. The second-order valence-corrected chi connectivity index (χ2v) is 10.9. The molecule has 0 aliphatic rings. The van der Waals surface area contributed by atoms with E-state index in [1.165, 1.54) is 0 Å². The van der Waals surface area contributed by atoms with E-state index in [0.29, 0.717) is 17.9 Å². The fourth-order valence-corrected chi connectivity index (χ4v) is 3.81. The molecule has 0 unspecified atom stereocenters. The molecule has 0 bridgehead atoms. The second kappa shape index (κ2) is 10.00. The SMILES string of the molecule is CCCCN(CC(=O)Nc1cc(C(C)(C)C)nn1C(C)(C)C)C(=O)c1ccc2ccccc2c1. The molecule has 0 spiro atoms. The lowest BCUT2D eigenvalue weighted by atomic mass is 9.92. The molecule has 0 radical (unpaired) electrons. The molecule has 2 amide bonds. The van der Waals surface area contributed by atoms with Gasteiger partial charge in [-0.2, -0.15) is 5.10 Å². The first-order valence-electron chi connectivity index (χ1n) is 12.1. The molecule has 3 rings (SSSR count). The van der Waals surface area contributed by atoms with Gasteiger partial charge in [0.1, 0.15) is 12.4 Å². The van der Waals surface area contributed by atoms with Gasteiger partial charge in [-0.3, -0.25) is 9.59 Å². The van der Waals surface area contributed by atoms with Crippen LogP contribution >= 0.6 is 0 Å². The maximum atomic E-state index is 13.4. The standard InChI is InChI=1S/C28H38N4O2/c1-8-9-16-31(26(34)22-15-14-20-12-10-11-13-21(20)17-22)19-25(33)29-24-18-23(27(2,3)4)30-32(24)28(5,6)7/h10-15,17-18H,8-9,16,19H2,1-7H3,(H,29,33). The van der Waals surface area contributed by atoms with Crippen molar-refractivity contribution in [3.05, 3.63) is 59.8 Å². The quantitative estimate of drug-likeness (QED) is 0.470. The highest BCUT2D eigenvalue weighted by Crippen LogP contribution is 2.28. The van der Waals surface area contributed by atoms with E-state index in [0.717, 1.165) is 29.3 Å². The van der Waals surface area contributed by atoms with Crippen molar-refractivity contribution in [3.63, 3.8) is 0 Å². The summed E-state index contributed by atoms with van der Waals surface area (Å²) in [4.78, 5) is 28.1. The van der Waals surface area contributed by atoms with E-state index in [9.17, 15) is 9.59 Å². The number of hydrogen-bond acceptors (Lipinski definition) is 3. The number of carbonyl (C=O) groups is 2. The molecule has 0 aliphatic heterocycles. The third-order valence-corrected chi connectivity index (χ3v) is 5.78. The van der Waals surface area contributed by atoms with Gasteiger partial charge in [-0.25, -0.2) is 4.68 Å². The summed E-state index contributed by atoms with van der Waals surface area (Å²) in [6.45, 7) is 15.1. The summed E-state index contributed by atoms with van der Waals surface area (Å²) in [5.41, 5.74) is 1.06. The summed E-state index contributed by atoms with van der Waals surface area (Å²) in [6, 6.07) is 15.6. The number of rotatable bonds is 7. The van der Waals surface area contributed by atoms with Gasteiger partial charge in [0.05, 0.1) is 11.2 Å². The largest absolute Gasteiger partial charge is 0.329 e. The Morgan fingerprint density at radius 2 is 1.65 bits per heavy atom. The second-order valence-electron chi connectivity index (χ2n) is 10.9. The molecular weight excluding hydrogens is 424 g/mol. The Bertz CT molecular complexity index is 1170. The summed E-state index contributed by atoms with van der Waals surface area (Å²) in [5, 5.41) is 9.88. The van der Waals surface area contributed by atoms with E-state index in [1.54, 1.807) is 4.90 Å². The van der Waals surface area contributed by atoms with Gasteiger partial charge in [0, 0.05) is 23.6 Å². The number of nitrogens with one attached hydrogen (secondary N) is 1. The van der Waals surface area contributed by atoms with Crippen molar-refractivity contribution in [2.75, 3.05) is 18.4 Å². The van der Waals surface area contributed by atoms with Gasteiger partial charge in [0.15, 0.2) is 0 Å². The monoisotopic (exact) mass is 462 g/mol. The summed E-state index contributed by atoms with van der Waals surface area (Å²) in [5.74, 6) is 0.293. The third kappa shape index (κ3) is 6.04. The van der Waals surface area contributed by atoms with Crippen LogP contribution in [0.5, 0.6) is 0 Å². The highest BCUT2D eigenvalue weighted by atomic mass is 16.2. The Kier molecular flexibility index (Phi) is 7.49. The van der Waals surface area contributed by atoms with Gasteiger partial charge in [-0.05, 0) is 50.1 Å². The van der Waals surface area contributed by atoms with E-state index in [-0.39, 0.29) is 29.3 Å². The number of nitrogens with zero attached hydrogens (tertiary/aromatic N) is 3. The predicted molar refractivity (Wildman–Crippen MR) is 139 cm³/mol. The average molecular weight is 463 g/mol. The van der Waals surface area contributed by atoms with Crippen molar-refractivity contribution in [2.24, 2.45) is 0 Å². The van der Waals surface area contributed by atoms with Crippen LogP contribution in [0.2, 0.25) is 0 Å².